The summed E-state index contributed by atoms with van der Waals surface area (Å²) in [7, 11) is -3.82. The second kappa shape index (κ2) is 6.29. The van der Waals surface area contributed by atoms with Crippen LogP contribution in [0.15, 0.2) is 23.1 Å². The molecule has 0 bridgehead atoms. The second-order valence-corrected chi connectivity index (χ2v) is 6.54. The van der Waals surface area contributed by atoms with E-state index in [4.69, 9.17) is 0 Å². The minimum absolute atomic E-state index is 0.0257. The van der Waals surface area contributed by atoms with Crippen LogP contribution in [0, 0.1) is 23.0 Å². The van der Waals surface area contributed by atoms with E-state index in [-0.39, 0.29) is 28.7 Å². The fourth-order valence-corrected chi connectivity index (χ4v) is 3.30. The lowest BCUT2D eigenvalue weighted by atomic mass is 10.1. The third kappa shape index (κ3) is 3.75. The third-order valence-corrected chi connectivity index (χ3v) is 4.62. The topological polar surface area (TPSA) is 110 Å². The summed E-state index contributed by atoms with van der Waals surface area (Å²) in [5.74, 6) is -0.0758. The fraction of sp³-hybridized carbons (Fsp3) is 0.500. The first-order valence-electron chi connectivity index (χ1n) is 6.07. The van der Waals surface area contributed by atoms with Crippen molar-refractivity contribution < 1.29 is 18.4 Å². The summed E-state index contributed by atoms with van der Waals surface area (Å²) in [6.45, 7) is 4.74. The largest absolute Gasteiger partial charge is 0.395 e. The van der Waals surface area contributed by atoms with Crippen LogP contribution in [-0.2, 0) is 10.0 Å². The van der Waals surface area contributed by atoms with Crippen molar-refractivity contribution in [2.24, 2.45) is 5.92 Å². The van der Waals surface area contributed by atoms with Gasteiger partial charge in [-0.05, 0) is 24.5 Å². The summed E-state index contributed by atoms with van der Waals surface area (Å²) in [6.07, 6.45) is 0. The first-order valence-corrected chi connectivity index (χ1v) is 7.55. The molecule has 0 fully saturated rings. The van der Waals surface area contributed by atoms with E-state index in [0.717, 1.165) is 6.07 Å². The normalized spacial score (nSPS) is 13.4. The van der Waals surface area contributed by atoms with Gasteiger partial charge in [-0.25, -0.2) is 13.1 Å². The molecular weight excluding hydrogens is 284 g/mol. The number of benzene rings is 1. The van der Waals surface area contributed by atoms with E-state index >= 15 is 0 Å². The number of non-ortho nitro benzene ring substituents is 1. The molecular formula is C12H18N2O5S. The zero-order valence-corrected chi connectivity index (χ0v) is 12.3. The molecule has 0 saturated carbocycles. The fourth-order valence-electron chi connectivity index (χ4n) is 1.70. The highest BCUT2D eigenvalue weighted by molar-refractivity contribution is 7.89. The van der Waals surface area contributed by atoms with Gasteiger partial charge in [0.15, 0.2) is 0 Å². The maximum absolute atomic E-state index is 12.2. The number of hydrogen-bond acceptors (Lipinski definition) is 5. The van der Waals surface area contributed by atoms with Crippen molar-refractivity contribution in [3.8, 4) is 0 Å². The van der Waals surface area contributed by atoms with Crippen LogP contribution in [0.5, 0.6) is 0 Å². The average molecular weight is 302 g/mol. The number of nitro benzene ring substituents is 1. The van der Waals surface area contributed by atoms with E-state index in [1.54, 1.807) is 13.8 Å². The van der Waals surface area contributed by atoms with E-state index in [0.29, 0.717) is 0 Å². The predicted octanol–water partition coefficient (Wildman–Crippen LogP) is 1.20. The first kappa shape index (κ1) is 16.5. The SMILES string of the molecule is Cc1cc([N+](=O)[O-])ccc1S(=O)(=O)N[C@H](CO)C(C)C. The maximum atomic E-state index is 12.2. The van der Waals surface area contributed by atoms with Gasteiger partial charge in [0.05, 0.1) is 16.4 Å². The van der Waals surface area contributed by atoms with Gasteiger partial charge in [-0.15, -0.1) is 0 Å². The summed E-state index contributed by atoms with van der Waals surface area (Å²) < 4.78 is 26.8. The molecule has 1 aromatic carbocycles. The number of hydrogen-bond donors (Lipinski definition) is 2. The van der Waals surface area contributed by atoms with Crippen molar-refractivity contribution in [3.63, 3.8) is 0 Å². The van der Waals surface area contributed by atoms with Crippen LogP contribution < -0.4 is 4.72 Å². The highest BCUT2D eigenvalue weighted by atomic mass is 32.2. The van der Waals surface area contributed by atoms with Gasteiger partial charge in [0.2, 0.25) is 10.0 Å². The Hall–Kier alpha value is -1.51. The lowest BCUT2D eigenvalue weighted by Gasteiger charge is -2.20. The van der Waals surface area contributed by atoms with Crippen molar-refractivity contribution in [2.75, 3.05) is 6.61 Å². The predicted molar refractivity (Wildman–Crippen MR) is 73.9 cm³/mol. The van der Waals surface area contributed by atoms with E-state index in [2.05, 4.69) is 4.72 Å². The lowest BCUT2D eigenvalue weighted by Crippen LogP contribution is -2.41. The van der Waals surface area contributed by atoms with Crippen LogP contribution >= 0.6 is 0 Å². The Bertz CT molecular complexity index is 598. The molecule has 8 heteroatoms. The number of sulfonamides is 1. The number of aliphatic hydroxyl groups is 1. The molecule has 0 spiro atoms. The Morgan fingerprint density at radius 1 is 1.40 bits per heavy atom. The van der Waals surface area contributed by atoms with E-state index in [1.165, 1.54) is 19.1 Å². The van der Waals surface area contributed by atoms with Gasteiger partial charge in [0.1, 0.15) is 0 Å². The minimum Gasteiger partial charge on any atom is -0.395 e. The standard InChI is InChI=1S/C12H18N2O5S/c1-8(2)11(7-15)13-20(18,19)12-5-4-10(14(16)17)6-9(12)3/h4-6,8,11,13,15H,7H2,1-3H3/t11-/m1/s1. The molecule has 0 aromatic heterocycles. The van der Waals surface area contributed by atoms with E-state index in [1.807, 2.05) is 0 Å². The van der Waals surface area contributed by atoms with Crippen molar-refractivity contribution >= 4 is 15.7 Å². The average Bonchev–Trinajstić information content (AvgIpc) is 2.35. The molecule has 0 heterocycles. The van der Waals surface area contributed by atoms with Gasteiger partial charge in [-0.3, -0.25) is 10.1 Å². The van der Waals surface area contributed by atoms with Gasteiger partial charge in [0, 0.05) is 18.2 Å². The Morgan fingerprint density at radius 2 is 2.00 bits per heavy atom. The highest BCUT2D eigenvalue weighted by Gasteiger charge is 2.24. The zero-order chi connectivity index (χ0) is 15.5. The second-order valence-electron chi connectivity index (χ2n) is 4.86. The maximum Gasteiger partial charge on any atom is 0.269 e. The van der Waals surface area contributed by atoms with Gasteiger partial charge < -0.3 is 5.11 Å². The molecule has 0 aliphatic carbocycles. The van der Waals surface area contributed by atoms with Crippen LogP contribution in [0.2, 0.25) is 0 Å². The molecule has 1 atom stereocenters. The van der Waals surface area contributed by atoms with Crippen molar-refractivity contribution in [3.05, 3.63) is 33.9 Å². The molecule has 1 rings (SSSR count). The minimum atomic E-state index is -3.82. The number of aryl methyl sites for hydroxylation is 1. The van der Waals surface area contributed by atoms with Gasteiger partial charge >= 0.3 is 0 Å². The number of nitro groups is 1. The number of rotatable bonds is 6. The Morgan fingerprint density at radius 3 is 2.40 bits per heavy atom. The highest BCUT2D eigenvalue weighted by Crippen LogP contribution is 2.21. The van der Waals surface area contributed by atoms with Crippen molar-refractivity contribution in [2.45, 2.75) is 31.7 Å². The van der Waals surface area contributed by atoms with Crippen LogP contribution in [-0.4, -0.2) is 31.1 Å². The van der Waals surface area contributed by atoms with Crippen LogP contribution in [0.3, 0.4) is 0 Å². The number of aliphatic hydroxyl groups excluding tert-OH is 1. The summed E-state index contributed by atoms with van der Waals surface area (Å²) in [5, 5.41) is 19.8. The van der Waals surface area contributed by atoms with Gasteiger partial charge in [-0.1, -0.05) is 13.8 Å². The van der Waals surface area contributed by atoms with Crippen molar-refractivity contribution in [1.82, 2.24) is 4.72 Å². The Balaban J connectivity index is 3.13. The molecule has 7 nitrogen and oxygen atoms in total. The van der Waals surface area contributed by atoms with Crippen molar-refractivity contribution in [1.29, 1.82) is 0 Å². The van der Waals surface area contributed by atoms with E-state index in [9.17, 15) is 23.6 Å². The molecule has 2 N–H and O–H groups in total. The third-order valence-electron chi connectivity index (χ3n) is 2.97. The lowest BCUT2D eigenvalue weighted by molar-refractivity contribution is -0.385. The zero-order valence-electron chi connectivity index (χ0n) is 11.5. The molecule has 0 amide bonds. The monoisotopic (exact) mass is 302 g/mol. The first-order chi connectivity index (χ1) is 9.19. The van der Waals surface area contributed by atoms with E-state index < -0.39 is 21.0 Å². The van der Waals surface area contributed by atoms with Gasteiger partial charge in [-0.2, -0.15) is 0 Å². The summed E-state index contributed by atoms with van der Waals surface area (Å²) in [5.41, 5.74) is 0.121. The molecule has 20 heavy (non-hydrogen) atoms. The summed E-state index contributed by atoms with van der Waals surface area (Å²) >= 11 is 0. The molecule has 0 radical (unpaired) electrons. The smallest absolute Gasteiger partial charge is 0.269 e. The molecule has 0 aliphatic heterocycles. The molecule has 1 aromatic rings. The quantitative estimate of drug-likeness (QED) is 0.606. The molecule has 112 valence electrons. The molecule has 0 aliphatic rings. The van der Waals surface area contributed by atoms with Crippen LogP contribution in [0.25, 0.3) is 0 Å². The summed E-state index contributed by atoms with van der Waals surface area (Å²) in [4.78, 5) is 10.0. The Kier molecular flexibility index (Phi) is 5.21. The Labute approximate surface area is 117 Å². The van der Waals surface area contributed by atoms with Crippen LogP contribution in [0.4, 0.5) is 5.69 Å². The van der Waals surface area contributed by atoms with Gasteiger partial charge in [0.25, 0.3) is 5.69 Å². The number of nitrogens with zero attached hydrogens (tertiary/aromatic N) is 1. The number of nitrogens with one attached hydrogen (secondary N) is 1. The van der Waals surface area contributed by atoms with Crippen LogP contribution in [0.1, 0.15) is 19.4 Å². The molecule has 0 saturated heterocycles. The summed E-state index contributed by atoms with van der Waals surface area (Å²) in [6, 6.07) is 2.95. The molecule has 0 unspecified atom stereocenters.